The smallest absolute Gasteiger partial charge is 0.230 e. The summed E-state index contributed by atoms with van der Waals surface area (Å²) in [6, 6.07) is 6.69. The maximum absolute atomic E-state index is 13.0. The van der Waals surface area contributed by atoms with Crippen LogP contribution in [0.2, 0.25) is 0 Å². The number of carbonyl (C=O) groups excluding carboxylic acids is 1. The summed E-state index contributed by atoms with van der Waals surface area (Å²) in [5.41, 5.74) is 0.553. The highest BCUT2D eigenvalue weighted by atomic mass is 19.1. The summed E-state index contributed by atoms with van der Waals surface area (Å²) in [5, 5.41) is 3.17. The first-order valence-electron chi connectivity index (χ1n) is 7.19. The minimum atomic E-state index is -0.406. The van der Waals surface area contributed by atoms with E-state index in [-0.39, 0.29) is 17.8 Å². The monoisotopic (exact) mass is 261 g/mol. The molecule has 0 radical (unpaired) electrons. The first-order valence-corrected chi connectivity index (χ1v) is 7.19. The van der Waals surface area contributed by atoms with Gasteiger partial charge in [0.1, 0.15) is 5.82 Å². The van der Waals surface area contributed by atoms with Gasteiger partial charge in [-0.2, -0.15) is 0 Å². The van der Waals surface area contributed by atoms with E-state index in [1.807, 2.05) is 0 Å². The summed E-state index contributed by atoms with van der Waals surface area (Å²) >= 11 is 0. The predicted octanol–water partition coefficient (Wildman–Crippen LogP) is 3.16. The van der Waals surface area contributed by atoms with Gasteiger partial charge in [0.15, 0.2) is 0 Å². The Balaban J connectivity index is 1.77. The van der Waals surface area contributed by atoms with E-state index in [1.54, 1.807) is 12.1 Å². The lowest BCUT2D eigenvalue weighted by atomic mass is 9.63. The second kappa shape index (κ2) is 4.62. The second-order valence-corrected chi connectivity index (χ2v) is 6.04. The van der Waals surface area contributed by atoms with Crippen molar-refractivity contribution < 1.29 is 9.18 Å². The highest BCUT2D eigenvalue weighted by molar-refractivity contribution is 5.89. The minimum absolute atomic E-state index is 0.129. The quantitative estimate of drug-likeness (QED) is 0.886. The molecule has 1 amide bonds. The van der Waals surface area contributed by atoms with Gasteiger partial charge in [-0.25, -0.2) is 4.39 Å². The lowest BCUT2D eigenvalue weighted by Crippen LogP contribution is -2.51. The third kappa shape index (κ3) is 2.26. The molecule has 1 N–H and O–H groups in total. The Bertz CT molecular complexity index is 474. The maximum atomic E-state index is 13.0. The molecule has 1 unspecified atom stereocenters. The molecule has 2 fully saturated rings. The molecule has 3 heteroatoms. The van der Waals surface area contributed by atoms with Crippen LogP contribution in [-0.4, -0.2) is 11.9 Å². The molecule has 0 bridgehead atoms. The van der Waals surface area contributed by atoms with E-state index in [4.69, 9.17) is 0 Å². The first kappa shape index (κ1) is 12.6. The molecule has 1 atom stereocenters. The molecule has 1 aromatic carbocycles. The lowest BCUT2D eigenvalue weighted by Gasteiger charge is -2.41. The van der Waals surface area contributed by atoms with Gasteiger partial charge in [0.2, 0.25) is 5.91 Å². The van der Waals surface area contributed by atoms with Crippen LogP contribution in [0, 0.1) is 11.7 Å². The Morgan fingerprint density at radius 3 is 2.42 bits per heavy atom. The van der Waals surface area contributed by atoms with Crippen molar-refractivity contribution >= 4 is 5.91 Å². The van der Waals surface area contributed by atoms with Crippen LogP contribution in [0.1, 0.15) is 44.6 Å². The highest BCUT2D eigenvalue weighted by Crippen LogP contribution is 2.44. The zero-order valence-corrected chi connectivity index (χ0v) is 11.3. The lowest BCUT2D eigenvalue weighted by molar-refractivity contribution is -0.130. The summed E-state index contributed by atoms with van der Waals surface area (Å²) in [6.45, 7) is 2.09. The van der Waals surface area contributed by atoms with Gasteiger partial charge in [-0.1, -0.05) is 18.6 Å². The Kier molecular flexibility index (Phi) is 3.08. The molecule has 1 aromatic rings. The summed E-state index contributed by atoms with van der Waals surface area (Å²) in [5.74, 6) is 0.545. The third-order valence-electron chi connectivity index (χ3n) is 4.73. The SMILES string of the molecule is CC(NC(=O)C1(c2ccc(F)cc2)CCC1)C1CC1. The standard InChI is InChI=1S/C16H20FNO/c1-11(12-3-4-12)18-15(19)16(9-2-10-16)13-5-7-14(17)8-6-13/h5-8,11-12H,2-4,9-10H2,1H3,(H,18,19). The van der Waals surface area contributed by atoms with E-state index in [0.717, 1.165) is 24.8 Å². The van der Waals surface area contributed by atoms with Crippen LogP contribution in [0.5, 0.6) is 0 Å². The minimum Gasteiger partial charge on any atom is -0.353 e. The van der Waals surface area contributed by atoms with Crippen LogP contribution in [0.15, 0.2) is 24.3 Å². The molecule has 0 aromatic heterocycles. The van der Waals surface area contributed by atoms with E-state index in [9.17, 15) is 9.18 Å². The Hall–Kier alpha value is -1.38. The number of nitrogens with one attached hydrogen (secondary N) is 1. The van der Waals surface area contributed by atoms with Crippen LogP contribution >= 0.6 is 0 Å². The van der Waals surface area contributed by atoms with Crippen molar-refractivity contribution in [3.8, 4) is 0 Å². The average molecular weight is 261 g/mol. The largest absolute Gasteiger partial charge is 0.353 e. The van der Waals surface area contributed by atoms with Crippen molar-refractivity contribution in [3.05, 3.63) is 35.6 Å². The number of amides is 1. The van der Waals surface area contributed by atoms with E-state index in [1.165, 1.54) is 25.0 Å². The van der Waals surface area contributed by atoms with Gasteiger partial charge >= 0.3 is 0 Å². The van der Waals surface area contributed by atoms with Crippen LogP contribution in [-0.2, 0) is 10.2 Å². The Morgan fingerprint density at radius 2 is 1.95 bits per heavy atom. The van der Waals surface area contributed by atoms with E-state index in [2.05, 4.69) is 12.2 Å². The van der Waals surface area contributed by atoms with Gasteiger partial charge in [0.05, 0.1) is 5.41 Å². The second-order valence-electron chi connectivity index (χ2n) is 6.04. The third-order valence-corrected chi connectivity index (χ3v) is 4.73. The van der Waals surface area contributed by atoms with Crippen LogP contribution in [0.4, 0.5) is 4.39 Å². The number of hydrogen-bond acceptors (Lipinski definition) is 1. The molecule has 0 heterocycles. The molecule has 2 aliphatic carbocycles. The van der Waals surface area contributed by atoms with Gasteiger partial charge < -0.3 is 5.32 Å². The van der Waals surface area contributed by atoms with Crippen molar-refractivity contribution in [2.45, 2.75) is 50.5 Å². The van der Waals surface area contributed by atoms with Crippen molar-refractivity contribution in [1.29, 1.82) is 0 Å². The van der Waals surface area contributed by atoms with Crippen molar-refractivity contribution in [1.82, 2.24) is 5.32 Å². The molecule has 102 valence electrons. The summed E-state index contributed by atoms with van der Waals surface area (Å²) in [6.07, 6.45) is 5.28. The number of carbonyl (C=O) groups is 1. The molecule has 2 nitrogen and oxygen atoms in total. The molecular formula is C16H20FNO. The Morgan fingerprint density at radius 1 is 1.32 bits per heavy atom. The van der Waals surface area contributed by atoms with Crippen molar-refractivity contribution in [3.63, 3.8) is 0 Å². The topological polar surface area (TPSA) is 29.1 Å². The van der Waals surface area contributed by atoms with Gasteiger partial charge in [-0.15, -0.1) is 0 Å². The number of rotatable bonds is 4. The van der Waals surface area contributed by atoms with Gasteiger partial charge in [0.25, 0.3) is 0 Å². The fourth-order valence-electron chi connectivity index (χ4n) is 3.01. The van der Waals surface area contributed by atoms with Crippen LogP contribution in [0.3, 0.4) is 0 Å². The first-order chi connectivity index (χ1) is 9.12. The van der Waals surface area contributed by atoms with Gasteiger partial charge in [-0.05, 0) is 56.2 Å². The molecule has 2 aliphatic rings. The van der Waals surface area contributed by atoms with Gasteiger partial charge in [0, 0.05) is 6.04 Å². The average Bonchev–Trinajstić information content (AvgIpc) is 3.14. The number of hydrogen-bond donors (Lipinski definition) is 1. The normalized spacial score (nSPS) is 22.4. The van der Waals surface area contributed by atoms with E-state index < -0.39 is 5.41 Å². The van der Waals surface area contributed by atoms with Crippen LogP contribution in [0.25, 0.3) is 0 Å². The predicted molar refractivity (Wildman–Crippen MR) is 72.3 cm³/mol. The number of halogens is 1. The zero-order chi connectivity index (χ0) is 13.5. The van der Waals surface area contributed by atoms with Crippen molar-refractivity contribution in [2.75, 3.05) is 0 Å². The number of benzene rings is 1. The molecule has 0 aliphatic heterocycles. The van der Waals surface area contributed by atoms with Gasteiger partial charge in [-0.3, -0.25) is 4.79 Å². The van der Waals surface area contributed by atoms with Crippen molar-refractivity contribution in [2.24, 2.45) is 5.92 Å². The highest BCUT2D eigenvalue weighted by Gasteiger charge is 2.46. The summed E-state index contributed by atoms with van der Waals surface area (Å²) < 4.78 is 13.0. The fourth-order valence-corrected chi connectivity index (χ4v) is 3.01. The maximum Gasteiger partial charge on any atom is 0.230 e. The summed E-state index contributed by atoms with van der Waals surface area (Å²) in [4.78, 5) is 12.6. The molecule has 0 saturated heterocycles. The van der Waals surface area contributed by atoms with E-state index >= 15 is 0 Å². The van der Waals surface area contributed by atoms with Crippen LogP contribution < -0.4 is 5.32 Å². The van der Waals surface area contributed by atoms with E-state index in [0.29, 0.717) is 5.92 Å². The zero-order valence-electron chi connectivity index (χ0n) is 11.3. The molecule has 2 saturated carbocycles. The molecule has 3 rings (SSSR count). The summed E-state index contributed by atoms with van der Waals surface area (Å²) in [7, 11) is 0. The molecular weight excluding hydrogens is 241 g/mol. The molecule has 19 heavy (non-hydrogen) atoms. The molecule has 0 spiro atoms. The Labute approximate surface area is 113 Å². The fraction of sp³-hybridized carbons (Fsp3) is 0.562.